The molecule has 0 aliphatic carbocycles. The second-order valence-corrected chi connectivity index (χ2v) is 19.7. The van der Waals surface area contributed by atoms with Gasteiger partial charge in [0.05, 0.1) is 114 Å². The summed E-state index contributed by atoms with van der Waals surface area (Å²) in [5, 5.41) is 23.9. The van der Waals surface area contributed by atoms with Crippen LogP contribution in [0.1, 0.15) is 7.43 Å². The second kappa shape index (κ2) is 67.9. The molecule has 0 spiro atoms. The number of hydrogen-bond acceptors (Lipinski definition) is 35. The van der Waals surface area contributed by atoms with Gasteiger partial charge in [0.15, 0.2) is 0 Å². The van der Waals surface area contributed by atoms with E-state index < -0.39 is 137 Å². The van der Waals surface area contributed by atoms with Crippen LogP contribution in [-0.2, 0) is 95.5 Å². The molecule has 396 valence electrons. The monoisotopic (exact) mass is 1190 g/mol. The van der Waals surface area contributed by atoms with Gasteiger partial charge >= 0.3 is 118 Å². The minimum absolute atomic E-state index is 0. The third-order valence-electron chi connectivity index (χ3n) is 3.00. The zero-order valence-corrected chi connectivity index (χ0v) is 50.3. The van der Waals surface area contributed by atoms with Gasteiger partial charge in [-0.05, 0) is 0 Å². The van der Waals surface area contributed by atoms with Crippen molar-refractivity contribution < 1.29 is 242 Å². The Bertz CT molecular complexity index is 1530. The molecule has 1 aliphatic rings. The van der Waals surface area contributed by atoms with Gasteiger partial charge in [-0.3, -0.25) is 4.55 Å². The van der Waals surface area contributed by atoms with Crippen LogP contribution in [0.5, 0.6) is 0 Å². The minimum atomic E-state index is -4.17. The van der Waals surface area contributed by atoms with Crippen LogP contribution in [0.25, 0.3) is 0 Å². The maximum absolute atomic E-state index is 10.1. The van der Waals surface area contributed by atoms with Crippen molar-refractivity contribution in [2.75, 3.05) is 99.5 Å². The molecule has 1 atom stereocenters. The molecule has 0 saturated carbocycles. The van der Waals surface area contributed by atoms with E-state index in [-0.39, 0.29) is 176 Å². The molecule has 1 rings (SSSR count). The summed E-state index contributed by atoms with van der Waals surface area (Å²) in [5.41, 5.74) is 19.0. The molecular weight excluding hydrogens is 1130 g/mol. The van der Waals surface area contributed by atoms with Crippen molar-refractivity contribution in [1.82, 2.24) is 18.5 Å². The van der Waals surface area contributed by atoms with Crippen LogP contribution >= 0.6 is 0 Å². The van der Waals surface area contributed by atoms with Crippen LogP contribution in [0.4, 0.5) is 0 Å². The molecule has 0 aromatic heterocycles. The fourth-order valence-electron chi connectivity index (χ4n) is 1.01. The smallest absolute Gasteiger partial charge is 0.750 e. The first-order chi connectivity index (χ1) is 25.8. The van der Waals surface area contributed by atoms with Crippen molar-refractivity contribution >= 4 is 82.2 Å². The van der Waals surface area contributed by atoms with Crippen molar-refractivity contribution in [3.63, 3.8) is 0 Å². The standard InChI is InChI=1S/2C2H7NO4S.4C2H7NO3S.C2H6O4S.C2H4O.CH4.3H3N.4Na.H2O3S/c2*3-7-8(5,6)2-1-4;5*3-1-2-7(4,5)6;1-2-3-1;;;;;;;;;1-4(2)3/h2*4H,1-3H2;4*1-3H2,(H,4,5,6);3H,1-2H2,(H,4,5,6);1-2H2;1H4;3*1H3;;;;;(H2,1,2,3)/q;;;;;;;;;;;;4*+1;/p-5. The second-order valence-electron chi connectivity index (χ2n) is 8.20. The summed E-state index contributed by atoms with van der Waals surface area (Å²) in [4.78, 5) is 0. The Morgan fingerprint density at radius 1 is 0.485 bits per heavy atom. The van der Waals surface area contributed by atoms with E-state index in [1.165, 1.54) is 0 Å². The molecule has 0 amide bonds. The molecule has 0 aromatic carbocycles. The number of epoxide rings is 1. The van der Waals surface area contributed by atoms with Crippen molar-refractivity contribution in [3.05, 3.63) is 0 Å². The first-order valence-corrected chi connectivity index (χ1v) is 25.8. The maximum atomic E-state index is 10.1. The Morgan fingerprint density at radius 2 is 0.652 bits per heavy atom. The molecule has 1 aliphatic heterocycles. The number of rotatable bonds is 16. The van der Waals surface area contributed by atoms with Gasteiger partial charge in [0.25, 0.3) is 30.4 Å². The number of aliphatic hydroxyl groups is 3. The van der Waals surface area contributed by atoms with E-state index in [1.54, 1.807) is 0 Å². The Balaban J connectivity index is -0.0000000302. The normalized spacial score (nSPS) is 11.1. The van der Waals surface area contributed by atoms with Crippen molar-refractivity contribution in [2.24, 2.45) is 34.7 Å². The third kappa shape index (κ3) is 202. The molecule has 66 heavy (non-hydrogen) atoms. The van der Waals surface area contributed by atoms with Gasteiger partial charge < -0.3 is 88.8 Å². The molecule has 0 aromatic rings. The van der Waals surface area contributed by atoms with E-state index in [4.69, 9.17) is 56.1 Å². The summed E-state index contributed by atoms with van der Waals surface area (Å²) in [7, 11) is -27.4. The van der Waals surface area contributed by atoms with Gasteiger partial charge in [-0.25, -0.2) is 37.9 Å². The SMILES string of the molecule is C.C1CO1.N.N.N.NCCS(=O)(=O)O.NCCS(=O)(=O)[O-].NCCS(=O)(=O)[O-].NCCS(=O)(=O)[O-].NOS(=O)(=O)CCO.NOS(=O)(=O)CCO.O=S(=O)([O-])CCO.O=S([O-])O.[Na+].[Na+].[Na+].[Na+]. The van der Waals surface area contributed by atoms with Crippen molar-refractivity contribution in [2.45, 2.75) is 7.43 Å². The third-order valence-corrected chi connectivity index (χ3v) is 8.59. The van der Waals surface area contributed by atoms with Crippen LogP contribution in [0.2, 0.25) is 0 Å². The van der Waals surface area contributed by atoms with E-state index in [0.29, 0.717) is 0 Å². The quantitative estimate of drug-likeness (QED) is 0.0224. The fourth-order valence-corrected chi connectivity index (χ4v) is 3.04. The number of nitrogens with two attached hydrogens (primary N) is 6. The maximum Gasteiger partial charge on any atom is 1.00 e. The first-order valence-electron chi connectivity index (χ1n) is 13.7. The molecular formula is C17H62N9Na4O28S8-. The van der Waals surface area contributed by atoms with Gasteiger partial charge in [0.1, 0.15) is 11.5 Å². The average molecular weight is 1190 g/mol. The molecule has 1 unspecified atom stereocenters. The summed E-state index contributed by atoms with van der Waals surface area (Å²) >= 11 is -2.86. The van der Waals surface area contributed by atoms with Gasteiger partial charge in [-0.15, -0.1) is 0 Å². The number of ether oxygens (including phenoxy) is 1. The van der Waals surface area contributed by atoms with Crippen LogP contribution in [-0.4, -0.2) is 210 Å². The molecule has 1 saturated heterocycles. The van der Waals surface area contributed by atoms with Crippen molar-refractivity contribution in [1.29, 1.82) is 0 Å². The molecule has 1 heterocycles. The van der Waals surface area contributed by atoms with E-state index in [1.807, 2.05) is 0 Å². The fraction of sp³-hybridized carbons (Fsp3) is 1.00. The first kappa shape index (κ1) is 114. The number of aliphatic hydroxyl groups excluding tert-OH is 3. The zero-order valence-electron chi connectivity index (χ0n) is 35.8. The Morgan fingerprint density at radius 3 is 0.667 bits per heavy atom. The molecule has 1 fully saturated rings. The Kier molecular flexibility index (Phi) is 117. The van der Waals surface area contributed by atoms with Gasteiger partial charge in [0.2, 0.25) is 0 Å². The van der Waals surface area contributed by atoms with E-state index in [0.717, 1.165) is 13.2 Å². The molecule has 26 N–H and O–H groups in total. The zero-order chi connectivity index (χ0) is 48.5. The van der Waals surface area contributed by atoms with Crippen LogP contribution in [0.3, 0.4) is 0 Å². The van der Waals surface area contributed by atoms with Gasteiger partial charge in [0, 0.05) is 26.2 Å². The van der Waals surface area contributed by atoms with Crippen LogP contribution in [0.15, 0.2) is 0 Å². The average Bonchev–Trinajstić information content (AvgIpc) is 3.86. The van der Waals surface area contributed by atoms with Gasteiger partial charge in [-0.2, -0.15) is 45.6 Å². The van der Waals surface area contributed by atoms with E-state index in [9.17, 15) is 77.1 Å². The predicted molar refractivity (Wildman–Crippen MR) is 214 cm³/mol. The largest absolute Gasteiger partial charge is 1.00 e. The topological polar surface area (TPSA) is 765 Å². The van der Waals surface area contributed by atoms with Crippen LogP contribution < -0.4 is 171 Å². The van der Waals surface area contributed by atoms with E-state index >= 15 is 0 Å². The molecule has 37 nitrogen and oxygen atoms in total. The van der Waals surface area contributed by atoms with Crippen LogP contribution in [0, 0.1) is 0 Å². The molecule has 49 heteroatoms. The molecule has 0 bridgehead atoms. The Hall–Kier alpha value is 2.92. The van der Waals surface area contributed by atoms with E-state index in [2.05, 4.69) is 25.1 Å². The van der Waals surface area contributed by atoms with Gasteiger partial charge in [-0.1, -0.05) is 7.43 Å². The summed E-state index contributed by atoms with van der Waals surface area (Å²) in [6, 6.07) is 0. The summed E-state index contributed by atoms with van der Waals surface area (Å²) < 4.78 is 218. The summed E-state index contributed by atoms with van der Waals surface area (Å²) in [6.07, 6.45) is 0. The minimum Gasteiger partial charge on any atom is -0.750 e. The molecule has 0 radical (unpaired) electrons. The summed E-state index contributed by atoms with van der Waals surface area (Å²) in [5.74, 6) is 5.24. The number of hydrogen-bond donors (Lipinski definition) is 14. The summed E-state index contributed by atoms with van der Waals surface area (Å²) in [6.45, 7) is 0.160. The van der Waals surface area contributed by atoms with Crippen molar-refractivity contribution in [3.8, 4) is 0 Å². The predicted octanol–water partition coefficient (Wildman–Crippen LogP) is -22.3. The Labute approximate surface area is 478 Å².